The van der Waals surface area contributed by atoms with Gasteiger partial charge in [-0.25, -0.2) is 9.78 Å². The molecule has 0 saturated carbocycles. The van der Waals surface area contributed by atoms with Crippen LogP contribution in [0.2, 0.25) is 5.02 Å². The summed E-state index contributed by atoms with van der Waals surface area (Å²) in [7, 11) is 0. The van der Waals surface area contributed by atoms with Gasteiger partial charge in [0.05, 0.1) is 16.8 Å². The SMILES string of the molecule is O=c1oc2ccccc2cc1-c1csc(N=Nc2c(O)[nH]c3ccc(Cl)cc23)n1. The molecule has 0 radical (unpaired) electrons. The number of thiazole rings is 1. The summed E-state index contributed by atoms with van der Waals surface area (Å²) in [6.07, 6.45) is 0. The number of aromatic nitrogens is 2. The maximum atomic E-state index is 12.3. The maximum absolute atomic E-state index is 12.3. The van der Waals surface area contributed by atoms with Gasteiger partial charge in [-0.1, -0.05) is 29.8 Å². The van der Waals surface area contributed by atoms with Gasteiger partial charge in [0.2, 0.25) is 11.0 Å². The van der Waals surface area contributed by atoms with E-state index in [4.69, 9.17) is 16.0 Å². The summed E-state index contributed by atoms with van der Waals surface area (Å²) in [6.45, 7) is 0. The fourth-order valence-electron chi connectivity index (χ4n) is 3.00. The summed E-state index contributed by atoms with van der Waals surface area (Å²) in [5, 5.41) is 22.3. The topological polar surface area (TPSA) is 104 Å². The van der Waals surface area contributed by atoms with E-state index in [1.165, 1.54) is 11.3 Å². The number of fused-ring (bicyclic) bond motifs is 2. The van der Waals surface area contributed by atoms with Crippen LogP contribution in [0.1, 0.15) is 0 Å². The Balaban J connectivity index is 1.52. The van der Waals surface area contributed by atoms with E-state index in [9.17, 15) is 9.90 Å². The van der Waals surface area contributed by atoms with Crippen molar-refractivity contribution >= 4 is 55.6 Å². The molecule has 2 N–H and O–H groups in total. The molecule has 142 valence electrons. The molecule has 7 nitrogen and oxygen atoms in total. The number of para-hydroxylation sites is 1. The minimum Gasteiger partial charge on any atom is -0.493 e. The first-order chi connectivity index (χ1) is 14.1. The first-order valence-corrected chi connectivity index (χ1v) is 9.75. The Morgan fingerprint density at radius 3 is 2.90 bits per heavy atom. The molecule has 2 aromatic carbocycles. The molecule has 3 aromatic heterocycles. The molecule has 0 bridgehead atoms. The molecule has 0 spiro atoms. The van der Waals surface area contributed by atoms with Crippen molar-refractivity contribution in [3.05, 3.63) is 69.4 Å². The van der Waals surface area contributed by atoms with Crippen molar-refractivity contribution in [2.45, 2.75) is 0 Å². The molecule has 29 heavy (non-hydrogen) atoms. The first-order valence-electron chi connectivity index (χ1n) is 8.49. The zero-order valence-corrected chi connectivity index (χ0v) is 16.2. The quantitative estimate of drug-likeness (QED) is 0.268. The molecular weight excluding hydrogens is 412 g/mol. The minimum absolute atomic E-state index is 0.113. The van der Waals surface area contributed by atoms with Crippen molar-refractivity contribution in [1.82, 2.24) is 9.97 Å². The normalized spacial score (nSPS) is 11.8. The average molecular weight is 423 g/mol. The van der Waals surface area contributed by atoms with Crippen LogP contribution in [0.15, 0.2) is 73.4 Å². The van der Waals surface area contributed by atoms with Crippen molar-refractivity contribution < 1.29 is 9.52 Å². The second kappa shape index (κ2) is 6.84. The summed E-state index contributed by atoms with van der Waals surface area (Å²) in [6, 6.07) is 14.2. The van der Waals surface area contributed by atoms with E-state index in [0.29, 0.717) is 37.9 Å². The standard InChI is InChI=1S/C20H11ClN4O3S/c21-11-5-6-14-12(8-11)17(18(26)22-14)24-25-20-23-15(9-29-20)13-7-10-3-1-2-4-16(10)28-19(13)27/h1-9,22,26H. The number of aromatic amines is 1. The number of benzene rings is 2. The van der Waals surface area contributed by atoms with Gasteiger partial charge in [0.1, 0.15) is 5.58 Å². The smallest absolute Gasteiger partial charge is 0.345 e. The van der Waals surface area contributed by atoms with Crippen molar-refractivity contribution in [3.8, 4) is 17.1 Å². The van der Waals surface area contributed by atoms with Crippen molar-refractivity contribution in [3.63, 3.8) is 0 Å². The summed E-state index contributed by atoms with van der Waals surface area (Å²) in [5.74, 6) is -0.113. The van der Waals surface area contributed by atoms with Gasteiger partial charge < -0.3 is 14.5 Å². The van der Waals surface area contributed by atoms with Crippen LogP contribution >= 0.6 is 22.9 Å². The highest BCUT2D eigenvalue weighted by molar-refractivity contribution is 7.13. The largest absolute Gasteiger partial charge is 0.493 e. The number of rotatable bonds is 3. The van der Waals surface area contributed by atoms with Crippen LogP contribution in [0.25, 0.3) is 33.1 Å². The Morgan fingerprint density at radius 2 is 2.00 bits per heavy atom. The number of azo groups is 1. The van der Waals surface area contributed by atoms with Crippen molar-refractivity contribution in [1.29, 1.82) is 0 Å². The van der Waals surface area contributed by atoms with Gasteiger partial charge in [-0.3, -0.25) is 0 Å². The molecule has 5 rings (SSSR count). The van der Waals surface area contributed by atoms with Crippen LogP contribution in [0.4, 0.5) is 10.8 Å². The third-order valence-electron chi connectivity index (χ3n) is 4.36. The Morgan fingerprint density at radius 1 is 1.14 bits per heavy atom. The zero-order chi connectivity index (χ0) is 20.0. The fraction of sp³-hybridized carbons (Fsp3) is 0. The molecule has 0 aliphatic heterocycles. The molecule has 0 aliphatic rings. The van der Waals surface area contributed by atoms with E-state index in [0.717, 1.165) is 5.39 Å². The van der Waals surface area contributed by atoms with Gasteiger partial charge in [0.15, 0.2) is 5.69 Å². The molecule has 0 atom stereocenters. The van der Waals surface area contributed by atoms with E-state index >= 15 is 0 Å². The number of nitrogens with zero attached hydrogens (tertiary/aromatic N) is 3. The van der Waals surface area contributed by atoms with Gasteiger partial charge in [-0.05, 0) is 30.3 Å². The Kier molecular flexibility index (Phi) is 4.15. The summed E-state index contributed by atoms with van der Waals surface area (Å²) in [5.41, 5.74) is 1.81. The van der Waals surface area contributed by atoms with E-state index in [2.05, 4.69) is 20.2 Å². The second-order valence-corrected chi connectivity index (χ2v) is 7.49. The highest BCUT2D eigenvalue weighted by atomic mass is 35.5. The molecule has 5 aromatic rings. The van der Waals surface area contributed by atoms with Gasteiger partial charge >= 0.3 is 5.63 Å². The molecule has 0 unspecified atom stereocenters. The van der Waals surface area contributed by atoms with Gasteiger partial charge in [-0.15, -0.1) is 21.6 Å². The summed E-state index contributed by atoms with van der Waals surface area (Å²) in [4.78, 5) is 19.5. The Labute approximate surface area is 171 Å². The Bertz CT molecular complexity index is 1470. The molecule has 0 saturated heterocycles. The van der Waals surface area contributed by atoms with Crippen LogP contribution in [0, 0.1) is 0 Å². The van der Waals surface area contributed by atoms with Crippen LogP contribution in [0.5, 0.6) is 5.88 Å². The lowest BCUT2D eigenvalue weighted by atomic mass is 10.1. The lowest BCUT2D eigenvalue weighted by Gasteiger charge is -1.98. The zero-order valence-electron chi connectivity index (χ0n) is 14.6. The highest BCUT2D eigenvalue weighted by Crippen LogP contribution is 2.38. The molecule has 0 amide bonds. The first kappa shape index (κ1) is 17.6. The number of aromatic hydroxyl groups is 1. The molecule has 9 heteroatoms. The lowest BCUT2D eigenvalue weighted by molar-refractivity contribution is 0.459. The van der Waals surface area contributed by atoms with Crippen LogP contribution < -0.4 is 5.63 Å². The molecule has 0 aliphatic carbocycles. The maximum Gasteiger partial charge on any atom is 0.345 e. The van der Waals surface area contributed by atoms with Crippen LogP contribution in [-0.2, 0) is 0 Å². The number of nitrogens with one attached hydrogen (secondary N) is 1. The number of halogens is 1. The fourth-order valence-corrected chi connectivity index (χ4v) is 3.81. The van der Waals surface area contributed by atoms with Crippen molar-refractivity contribution in [2.75, 3.05) is 0 Å². The van der Waals surface area contributed by atoms with Crippen molar-refractivity contribution in [2.24, 2.45) is 10.2 Å². The van der Waals surface area contributed by atoms with Gasteiger partial charge in [0.25, 0.3) is 0 Å². The van der Waals surface area contributed by atoms with E-state index in [1.807, 2.05) is 12.1 Å². The van der Waals surface area contributed by atoms with E-state index < -0.39 is 5.63 Å². The summed E-state index contributed by atoms with van der Waals surface area (Å²) >= 11 is 7.25. The second-order valence-electron chi connectivity index (χ2n) is 6.21. The third kappa shape index (κ3) is 3.18. The highest BCUT2D eigenvalue weighted by Gasteiger charge is 2.13. The number of hydrogen-bond acceptors (Lipinski definition) is 7. The van der Waals surface area contributed by atoms with Crippen LogP contribution in [0.3, 0.4) is 0 Å². The van der Waals surface area contributed by atoms with Crippen LogP contribution in [-0.4, -0.2) is 15.1 Å². The summed E-state index contributed by atoms with van der Waals surface area (Å²) < 4.78 is 5.36. The lowest BCUT2D eigenvalue weighted by Crippen LogP contribution is -2.02. The van der Waals surface area contributed by atoms with E-state index in [-0.39, 0.29) is 11.6 Å². The average Bonchev–Trinajstić information content (AvgIpc) is 3.29. The predicted octanol–water partition coefficient (Wildman–Crippen LogP) is 6.17. The van der Waals surface area contributed by atoms with E-state index in [1.54, 1.807) is 41.8 Å². The number of hydrogen-bond donors (Lipinski definition) is 2. The molecule has 3 heterocycles. The van der Waals surface area contributed by atoms with Gasteiger partial charge in [0, 0.05) is 21.2 Å². The molecular formula is C20H11ClN4O3S. The van der Waals surface area contributed by atoms with Gasteiger partial charge in [-0.2, -0.15) is 0 Å². The third-order valence-corrected chi connectivity index (χ3v) is 5.32. The minimum atomic E-state index is -0.471. The molecule has 0 fully saturated rings. The number of H-pyrrole nitrogens is 1. The predicted molar refractivity (Wildman–Crippen MR) is 113 cm³/mol. The Hall–Kier alpha value is -3.49. The monoisotopic (exact) mass is 422 g/mol.